The summed E-state index contributed by atoms with van der Waals surface area (Å²) in [6.07, 6.45) is 0.364. The maximum atomic E-state index is 14.2. The van der Waals surface area contributed by atoms with Crippen LogP contribution in [0, 0.1) is 26.7 Å². The summed E-state index contributed by atoms with van der Waals surface area (Å²) in [6, 6.07) is 18.4. The molecule has 0 spiro atoms. The standard InChI is InChI=1S/C32H40ClN3O4S/c1-7-29(32(38)34-19-22(2)3)35(20-26-15-11-23(4)12-16-26)31(37)21-36(30-10-8-9-28(33)25(30)6)41(39,40)27-17-13-24(5)14-18-27/h8-18,22,29H,7,19-21H2,1-6H3,(H,34,38)/t29-/m0/s1. The smallest absolute Gasteiger partial charge is 0.264 e. The van der Waals surface area contributed by atoms with Gasteiger partial charge in [-0.25, -0.2) is 8.42 Å². The Labute approximate surface area is 249 Å². The van der Waals surface area contributed by atoms with Crippen molar-refractivity contribution in [3.63, 3.8) is 0 Å². The number of hydrogen-bond donors (Lipinski definition) is 1. The molecule has 0 fully saturated rings. The zero-order valence-electron chi connectivity index (χ0n) is 24.6. The lowest BCUT2D eigenvalue weighted by Gasteiger charge is -2.33. The van der Waals surface area contributed by atoms with Crippen LogP contribution < -0.4 is 9.62 Å². The monoisotopic (exact) mass is 597 g/mol. The summed E-state index contributed by atoms with van der Waals surface area (Å²) < 4.78 is 29.2. The first kappa shape index (κ1) is 32.2. The number of nitrogens with one attached hydrogen (secondary N) is 1. The van der Waals surface area contributed by atoms with E-state index in [0.29, 0.717) is 29.2 Å². The summed E-state index contributed by atoms with van der Waals surface area (Å²) in [4.78, 5) is 29.0. The predicted molar refractivity (Wildman–Crippen MR) is 166 cm³/mol. The van der Waals surface area contributed by atoms with Crippen LogP contribution in [0.2, 0.25) is 5.02 Å². The van der Waals surface area contributed by atoms with Gasteiger partial charge in [-0.05, 0) is 68.5 Å². The van der Waals surface area contributed by atoms with Crippen LogP contribution in [0.3, 0.4) is 0 Å². The van der Waals surface area contributed by atoms with Gasteiger partial charge in [0.2, 0.25) is 11.8 Å². The summed E-state index contributed by atoms with van der Waals surface area (Å²) >= 11 is 6.40. The Morgan fingerprint density at radius 1 is 0.902 bits per heavy atom. The Morgan fingerprint density at radius 3 is 2.05 bits per heavy atom. The van der Waals surface area contributed by atoms with E-state index in [1.807, 2.05) is 58.9 Å². The summed E-state index contributed by atoms with van der Waals surface area (Å²) in [5.74, 6) is -0.528. The first-order valence-electron chi connectivity index (χ1n) is 13.8. The van der Waals surface area contributed by atoms with Crippen molar-refractivity contribution in [2.75, 3.05) is 17.4 Å². The average Bonchev–Trinajstić information content (AvgIpc) is 2.93. The van der Waals surface area contributed by atoms with E-state index in [4.69, 9.17) is 11.6 Å². The molecule has 1 N–H and O–H groups in total. The third-order valence-corrected chi connectivity index (χ3v) is 9.12. The van der Waals surface area contributed by atoms with Gasteiger partial charge >= 0.3 is 0 Å². The van der Waals surface area contributed by atoms with Gasteiger partial charge in [-0.1, -0.05) is 86.0 Å². The van der Waals surface area contributed by atoms with E-state index in [1.165, 1.54) is 17.0 Å². The minimum absolute atomic E-state index is 0.0575. The van der Waals surface area contributed by atoms with E-state index in [0.717, 1.165) is 21.0 Å². The van der Waals surface area contributed by atoms with E-state index in [-0.39, 0.29) is 23.3 Å². The molecule has 0 bridgehead atoms. The number of benzene rings is 3. The number of rotatable bonds is 12. The molecule has 0 aliphatic rings. The molecule has 0 saturated heterocycles. The topological polar surface area (TPSA) is 86.8 Å². The zero-order valence-corrected chi connectivity index (χ0v) is 26.2. The van der Waals surface area contributed by atoms with E-state index >= 15 is 0 Å². The lowest BCUT2D eigenvalue weighted by molar-refractivity contribution is -0.140. The summed E-state index contributed by atoms with van der Waals surface area (Å²) in [6.45, 7) is 11.5. The van der Waals surface area contributed by atoms with Crippen LogP contribution >= 0.6 is 11.6 Å². The Bertz CT molecular complexity index is 1460. The molecule has 3 aromatic rings. The molecule has 220 valence electrons. The van der Waals surface area contributed by atoms with Gasteiger partial charge in [-0.2, -0.15) is 0 Å². The fourth-order valence-corrected chi connectivity index (χ4v) is 6.09. The highest BCUT2D eigenvalue weighted by atomic mass is 35.5. The van der Waals surface area contributed by atoms with E-state index < -0.39 is 28.5 Å². The molecule has 0 radical (unpaired) electrons. The van der Waals surface area contributed by atoms with E-state index in [1.54, 1.807) is 37.3 Å². The number of carbonyl (C=O) groups is 2. The highest BCUT2D eigenvalue weighted by molar-refractivity contribution is 7.92. The van der Waals surface area contributed by atoms with Gasteiger partial charge in [0.05, 0.1) is 10.6 Å². The first-order valence-corrected chi connectivity index (χ1v) is 15.6. The molecule has 0 aromatic heterocycles. The van der Waals surface area contributed by atoms with Crippen LogP contribution in [0.5, 0.6) is 0 Å². The molecular weight excluding hydrogens is 558 g/mol. The first-order chi connectivity index (χ1) is 19.3. The average molecular weight is 598 g/mol. The van der Waals surface area contributed by atoms with Gasteiger partial charge in [-0.3, -0.25) is 13.9 Å². The largest absolute Gasteiger partial charge is 0.354 e. The molecule has 0 unspecified atom stereocenters. The van der Waals surface area contributed by atoms with Crippen LogP contribution in [-0.4, -0.2) is 44.3 Å². The number of anilines is 1. The lowest BCUT2D eigenvalue weighted by Crippen LogP contribution is -2.52. The van der Waals surface area contributed by atoms with Crippen molar-refractivity contribution >= 4 is 39.1 Å². The molecule has 0 heterocycles. The van der Waals surface area contributed by atoms with Crippen molar-refractivity contribution in [1.29, 1.82) is 0 Å². The minimum Gasteiger partial charge on any atom is -0.354 e. The summed E-state index contributed by atoms with van der Waals surface area (Å²) in [5, 5.41) is 3.33. The Balaban J connectivity index is 2.08. The van der Waals surface area contributed by atoms with E-state index in [9.17, 15) is 18.0 Å². The number of halogens is 1. The fraction of sp³-hybridized carbons (Fsp3) is 0.375. The SMILES string of the molecule is CC[C@@H](C(=O)NCC(C)C)N(Cc1ccc(C)cc1)C(=O)CN(c1cccc(Cl)c1C)S(=O)(=O)c1ccc(C)cc1. The second-order valence-corrected chi connectivity index (χ2v) is 13.0. The quantitative estimate of drug-likeness (QED) is 0.276. The molecule has 3 rings (SSSR count). The molecule has 0 aliphatic heterocycles. The maximum absolute atomic E-state index is 14.2. The van der Waals surface area contributed by atoms with Crippen LogP contribution in [0.15, 0.2) is 71.6 Å². The fourth-order valence-electron chi connectivity index (χ4n) is 4.45. The van der Waals surface area contributed by atoms with Crippen LogP contribution in [-0.2, 0) is 26.2 Å². The molecule has 7 nitrogen and oxygen atoms in total. The summed E-state index contributed by atoms with van der Waals surface area (Å²) in [5.41, 5.74) is 3.66. The second kappa shape index (κ2) is 14.0. The van der Waals surface area contributed by atoms with Crippen molar-refractivity contribution in [3.05, 3.63) is 94.0 Å². The van der Waals surface area contributed by atoms with Gasteiger partial charge in [0.15, 0.2) is 0 Å². The number of amides is 2. The molecule has 0 aliphatic carbocycles. The number of hydrogen-bond acceptors (Lipinski definition) is 4. The Morgan fingerprint density at radius 2 is 1.49 bits per heavy atom. The number of sulfonamides is 1. The molecule has 9 heteroatoms. The number of nitrogens with zero attached hydrogens (tertiary/aromatic N) is 2. The zero-order chi connectivity index (χ0) is 30.3. The van der Waals surface area contributed by atoms with E-state index in [2.05, 4.69) is 5.32 Å². The van der Waals surface area contributed by atoms with Gasteiger partial charge in [-0.15, -0.1) is 0 Å². The molecular formula is C32H40ClN3O4S. The van der Waals surface area contributed by atoms with Gasteiger partial charge in [0, 0.05) is 18.1 Å². The molecule has 1 atom stereocenters. The highest BCUT2D eigenvalue weighted by Gasteiger charge is 2.34. The molecule has 41 heavy (non-hydrogen) atoms. The van der Waals surface area contributed by atoms with Crippen molar-refractivity contribution in [3.8, 4) is 0 Å². The number of carbonyl (C=O) groups excluding carboxylic acids is 2. The van der Waals surface area contributed by atoms with Gasteiger partial charge in [0.1, 0.15) is 12.6 Å². The molecule has 3 aromatic carbocycles. The van der Waals surface area contributed by atoms with Gasteiger partial charge < -0.3 is 10.2 Å². The Hall–Kier alpha value is -3.36. The molecule has 2 amide bonds. The van der Waals surface area contributed by atoms with Crippen molar-refractivity contribution in [2.45, 2.75) is 65.4 Å². The van der Waals surface area contributed by atoms with Crippen LogP contribution in [0.25, 0.3) is 0 Å². The highest BCUT2D eigenvalue weighted by Crippen LogP contribution is 2.31. The maximum Gasteiger partial charge on any atom is 0.264 e. The van der Waals surface area contributed by atoms with Crippen LogP contribution in [0.4, 0.5) is 5.69 Å². The predicted octanol–water partition coefficient (Wildman–Crippen LogP) is 6.04. The van der Waals surface area contributed by atoms with Crippen LogP contribution in [0.1, 0.15) is 49.4 Å². The van der Waals surface area contributed by atoms with Crippen molar-refractivity contribution in [1.82, 2.24) is 10.2 Å². The lowest BCUT2D eigenvalue weighted by atomic mass is 10.1. The van der Waals surface area contributed by atoms with Crippen molar-refractivity contribution < 1.29 is 18.0 Å². The third kappa shape index (κ3) is 8.11. The minimum atomic E-state index is -4.16. The number of aryl methyl sites for hydroxylation is 2. The molecule has 0 saturated carbocycles. The second-order valence-electron chi connectivity index (χ2n) is 10.8. The Kier molecular flexibility index (Phi) is 11.0. The summed E-state index contributed by atoms with van der Waals surface area (Å²) in [7, 11) is -4.16. The van der Waals surface area contributed by atoms with Gasteiger partial charge in [0.25, 0.3) is 10.0 Å². The third-order valence-electron chi connectivity index (χ3n) is 6.94. The van der Waals surface area contributed by atoms with Crippen molar-refractivity contribution in [2.24, 2.45) is 5.92 Å². The normalized spacial score (nSPS) is 12.2.